The highest BCUT2D eigenvalue weighted by Crippen LogP contribution is 2.39. The largest absolute Gasteiger partial charge is 0.410 e. The fraction of sp³-hybridized carbons (Fsp3) is 0.579. The molecule has 23 heavy (non-hydrogen) atoms. The van der Waals surface area contributed by atoms with E-state index >= 15 is 0 Å². The Bertz CT molecular complexity index is 519. The SMILES string of the molecule is CC(C)(C)[Si](C)(C)OC1C=CC(O)C1COCc1ccccc1. The molecule has 4 heteroatoms. The molecule has 3 atom stereocenters. The van der Waals surface area contributed by atoms with Crippen LogP contribution in [0.2, 0.25) is 18.1 Å². The summed E-state index contributed by atoms with van der Waals surface area (Å²) in [4.78, 5) is 0. The normalized spacial score (nSPS) is 25.0. The van der Waals surface area contributed by atoms with Crippen LogP contribution in [0.5, 0.6) is 0 Å². The summed E-state index contributed by atoms with van der Waals surface area (Å²) in [6, 6.07) is 10.1. The Morgan fingerprint density at radius 1 is 1.09 bits per heavy atom. The molecule has 0 spiro atoms. The standard InChI is InChI=1S/C19H30O3Si/c1-19(2,3)23(4,5)22-18-12-11-17(20)16(18)14-21-13-15-9-7-6-8-10-15/h6-12,16-18,20H,13-14H2,1-5H3. The Balaban J connectivity index is 1.92. The van der Waals surface area contributed by atoms with E-state index in [1.165, 1.54) is 0 Å². The lowest BCUT2D eigenvalue weighted by molar-refractivity contribution is 0.00461. The molecule has 3 nitrogen and oxygen atoms in total. The Kier molecular flexibility index (Phi) is 5.84. The number of rotatable bonds is 6. The maximum atomic E-state index is 10.2. The third kappa shape index (κ3) is 4.77. The van der Waals surface area contributed by atoms with E-state index in [-0.39, 0.29) is 17.1 Å². The van der Waals surface area contributed by atoms with E-state index in [4.69, 9.17) is 9.16 Å². The van der Waals surface area contributed by atoms with E-state index in [0.717, 1.165) is 5.56 Å². The maximum absolute atomic E-state index is 10.2. The minimum Gasteiger partial charge on any atom is -0.410 e. The molecule has 128 valence electrons. The zero-order valence-corrected chi connectivity index (χ0v) is 16.0. The highest BCUT2D eigenvalue weighted by atomic mass is 28.4. The second-order valence-corrected chi connectivity index (χ2v) is 12.6. The topological polar surface area (TPSA) is 38.7 Å². The van der Waals surface area contributed by atoms with Crippen LogP contribution in [0, 0.1) is 5.92 Å². The van der Waals surface area contributed by atoms with E-state index in [2.05, 4.69) is 33.9 Å². The van der Waals surface area contributed by atoms with Crippen molar-refractivity contribution in [2.75, 3.05) is 6.61 Å². The zero-order chi connectivity index (χ0) is 17.1. The van der Waals surface area contributed by atoms with E-state index in [9.17, 15) is 5.11 Å². The average molecular weight is 335 g/mol. The van der Waals surface area contributed by atoms with Gasteiger partial charge in [0.15, 0.2) is 8.32 Å². The smallest absolute Gasteiger partial charge is 0.192 e. The van der Waals surface area contributed by atoms with Crippen LogP contribution in [-0.2, 0) is 15.8 Å². The number of aliphatic hydroxyl groups excluding tert-OH is 1. The van der Waals surface area contributed by atoms with Crippen LogP contribution in [-0.4, -0.2) is 32.2 Å². The summed E-state index contributed by atoms with van der Waals surface area (Å²) in [7, 11) is -1.86. The van der Waals surface area contributed by atoms with Crippen LogP contribution < -0.4 is 0 Å². The van der Waals surface area contributed by atoms with Gasteiger partial charge < -0.3 is 14.3 Å². The lowest BCUT2D eigenvalue weighted by Gasteiger charge is -2.39. The molecule has 1 aliphatic rings. The van der Waals surface area contributed by atoms with Gasteiger partial charge in [-0.2, -0.15) is 0 Å². The molecule has 0 saturated heterocycles. The van der Waals surface area contributed by atoms with Gasteiger partial charge in [0, 0.05) is 5.92 Å². The van der Waals surface area contributed by atoms with Gasteiger partial charge in [0.2, 0.25) is 0 Å². The molecule has 1 N–H and O–H groups in total. The second-order valence-electron chi connectivity index (χ2n) is 7.88. The first kappa shape index (κ1) is 18.4. The highest BCUT2D eigenvalue weighted by Gasteiger charge is 2.42. The predicted molar refractivity (Wildman–Crippen MR) is 96.8 cm³/mol. The molecule has 1 aliphatic carbocycles. The van der Waals surface area contributed by atoms with Crippen LogP contribution in [0.3, 0.4) is 0 Å². The lowest BCUT2D eigenvalue weighted by Crippen LogP contribution is -2.46. The van der Waals surface area contributed by atoms with Crippen molar-refractivity contribution in [3.8, 4) is 0 Å². The summed E-state index contributed by atoms with van der Waals surface area (Å²) in [6.45, 7) is 12.2. The van der Waals surface area contributed by atoms with Crippen molar-refractivity contribution in [2.24, 2.45) is 5.92 Å². The van der Waals surface area contributed by atoms with E-state index in [1.807, 2.05) is 42.5 Å². The Labute approximate surface area is 141 Å². The molecule has 0 amide bonds. The van der Waals surface area contributed by atoms with Gasteiger partial charge in [0.1, 0.15) is 0 Å². The second kappa shape index (κ2) is 7.30. The van der Waals surface area contributed by atoms with Gasteiger partial charge in [-0.15, -0.1) is 0 Å². The van der Waals surface area contributed by atoms with E-state index in [1.54, 1.807) is 0 Å². The summed E-state index contributed by atoms with van der Waals surface area (Å²) in [5.41, 5.74) is 1.15. The molecular weight excluding hydrogens is 304 g/mol. The van der Waals surface area contributed by atoms with Gasteiger partial charge in [-0.3, -0.25) is 0 Å². The van der Waals surface area contributed by atoms with Gasteiger partial charge in [0.05, 0.1) is 25.4 Å². The van der Waals surface area contributed by atoms with E-state index < -0.39 is 14.4 Å². The zero-order valence-electron chi connectivity index (χ0n) is 15.0. The first-order chi connectivity index (χ1) is 10.7. The van der Waals surface area contributed by atoms with Crippen LogP contribution in [0.25, 0.3) is 0 Å². The van der Waals surface area contributed by atoms with Crippen molar-refractivity contribution in [1.29, 1.82) is 0 Å². The maximum Gasteiger partial charge on any atom is 0.192 e. The van der Waals surface area contributed by atoms with Gasteiger partial charge in [-0.25, -0.2) is 0 Å². The van der Waals surface area contributed by atoms with Crippen molar-refractivity contribution in [2.45, 2.75) is 57.7 Å². The number of hydrogen-bond acceptors (Lipinski definition) is 3. The predicted octanol–water partition coefficient (Wildman–Crippen LogP) is 4.14. The van der Waals surface area contributed by atoms with Crippen molar-refractivity contribution in [1.82, 2.24) is 0 Å². The van der Waals surface area contributed by atoms with Gasteiger partial charge in [-0.1, -0.05) is 63.3 Å². The van der Waals surface area contributed by atoms with Crippen LogP contribution in [0.1, 0.15) is 26.3 Å². The number of hydrogen-bond donors (Lipinski definition) is 1. The fourth-order valence-corrected chi connectivity index (χ4v) is 3.71. The lowest BCUT2D eigenvalue weighted by atomic mass is 10.0. The summed E-state index contributed by atoms with van der Waals surface area (Å²) in [5.74, 6) is -0.0205. The van der Waals surface area contributed by atoms with Crippen molar-refractivity contribution in [3.05, 3.63) is 48.0 Å². The molecule has 0 bridgehead atoms. The van der Waals surface area contributed by atoms with Crippen molar-refractivity contribution < 1.29 is 14.3 Å². The molecule has 0 aliphatic heterocycles. The molecule has 2 rings (SSSR count). The van der Waals surface area contributed by atoms with Crippen LogP contribution in [0.15, 0.2) is 42.5 Å². The first-order valence-electron chi connectivity index (χ1n) is 8.36. The number of ether oxygens (including phenoxy) is 1. The van der Waals surface area contributed by atoms with Crippen molar-refractivity contribution in [3.63, 3.8) is 0 Å². The molecule has 3 unspecified atom stereocenters. The first-order valence-corrected chi connectivity index (χ1v) is 11.3. The molecule has 0 saturated carbocycles. The van der Waals surface area contributed by atoms with Crippen LogP contribution in [0.4, 0.5) is 0 Å². The third-order valence-corrected chi connectivity index (χ3v) is 9.49. The molecule has 0 radical (unpaired) electrons. The minimum atomic E-state index is -1.86. The summed E-state index contributed by atoms with van der Waals surface area (Å²) in [6.07, 6.45) is 3.30. The van der Waals surface area contributed by atoms with Gasteiger partial charge in [-0.05, 0) is 23.7 Å². The van der Waals surface area contributed by atoms with Gasteiger partial charge in [0.25, 0.3) is 0 Å². The Morgan fingerprint density at radius 3 is 2.35 bits per heavy atom. The van der Waals surface area contributed by atoms with Crippen molar-refractivity contribution >= 4 is 8.32 Å². The summed E-state index contributed by atoms with van der Waals surface area (Å²) in [5, 5.41) is 10.4. The highest BCUT2D eigenvalue weighted by molar-refractivity contribution is 6.74. The molecule has 1 aromatic carbocycles. The summed E-state index contributed by atoms with van der Waals surface area (Å²) >= 11 is 0. The molecule has 0 aromatic heterocycles. The minimum absolute atomic E-state index is 0.0205. The number of aliphatic hydroxyl groups is 1. The molecule has 0 fully saturated rings. The average Bonchev–Trinajstić information content (AvgIpc) is 2.79. The summed E-state index contributed by atoms with van der Waals surface area (Å²) < 4.78 is 12.3. The van der Waals surface area contributed by atoms with Gasteiger partial charge >= 0.3 is 0 Å². The monoisotopic (exact) mass is 334 g/mol. The third-order valence-electron chi connectivity index (χ3n) is 5.02. The fourth-order valence-electron chi connectivity index (χ4n) is 2.43. The Hall–Kier alpha value is -0.943. The quantitative estimate of drug-likeness (QED) is 0.628. The van der Waals surface area contributed by atoms with E-state index in [0.29, 0.717) is 13.2 Å². The molecular formula is C19H30O3Si. The molecule has 1 aromatic rings. The van der Waals surface area contributed by atoms with Crippen LogP contribution >= 0.6 is 0 Å². The molecule has 0 heterocycles. The number of benzene rings is 1. The Morgan fingerprint density at radius 2 is 1.74 bits per heavy atom.